The van der Waals surface area contributed by atoms with Crippen molar-refractivity contribution >= 4 is 34.9 Å². The summed E-state index contributed by atoms with van der Waals surface area (Å²) in [6.07, 6.45) is 5.03. The van der Waals surface area contributed by atoms with Crippen molar-refractivity contribution in [2.24, 2.45) is 0 Å². The summed E-state index contributed by atoms with van der Waals surface area (Å²) < 4.78 is 13.5. The number of nitrogens with zero attached hydrogens (tertiary/aromatic N) is 3. The van der Waals surface area contributed by atoms with Crippen LogP contribution in [-0.2, 0) is 6.42 Å². The molecule has 3 heterocycles. The van der Waals surface area contributed by atoms with Crippen molar-refractivity contribution in [3.8, 4) is 0 Å². The average Bonchev–Trinajstić information content (AvgIpc) is 3.27. The van der Waals surface area contributed by atoms with E-state index in [0.29, 0.717) is 17.9 Å². The Labute approximate surface area is 149 Å². The van der Waals surface area contributed by atoms with E-state index in [0.717, 1.165) is 28.3 Å². The van der Waals surface area contributed by atoms with Gasteiger partial charge in [0.05, 0.1) is 11.7 Å². The van der Waals surface area contributed by atoms with E-state index in [2.05, 4.69) is 23.7 Å². The van der Waals surface area contributed by atoms with E-state index in [1.54, 1.807) is 12.1 Å². The molecule has 0 spiro atoms. The molecule has 0 amide bonds. The molecule has 0 unspecified atom stereocenters. The summed E-state index contributed by atoms with van der Waals surface area (Å²) in [7, 11) is 0. The van der Waals surface area contributed by atoms with Crippen LogP contribution in [0.1, 0.15) is 23.9 Å². The maximum absolute atomic E-state index is 12.3. The molecular formula is C17H13N5O3S. The second kappa shape index (κ2) is 6.52. The second-order valence-corrected chi connectivity index (χ2v) is 6.08. The highest BCUT2D eigenvalue weighted by Gasteiger charge is 2.04. The smallest absolute Gasteiger partial charge is 0.272 e. The Kier molecular flexibility index (Phi) is 4.05. The lowest BCUT2D eigenvalue weighted by Gasteiger charge is -1.94. The molecule has 0 saturated heterocycles. The van der Waals surface area contributed by atoms with E-state index in [-0.39, 0.29) is 10.7 Å². The molecule has 2 N–H and O–H groups in total. The van der Waals surface area contributed by atoms with Gasteiger partial charge in [0, 0.05) is 6.42 Å². The van der Waals surface area contributed by atoms with Crippen LogP contribution in [0.15, 0.2) is 38.6 Å². The third-order valence-electron chi connectivity index (χ3n) is 3.85. The summed E-state index contributed by atoms with van der Waals surface area (Å²) in [5.74, 6) is 0.645. The topological polar surface area (TPSA) is 118 Å². The van der Waals surface area contributed by atoms with Crippen LogP contribution in [0.3, 0.4) is 0 Å². The molecule has 4 aromatic rings. The van der Waals surface area contributed by atoms with Gasteiger partial charge >= 0.3 is 0 Å². The zero-order valence-corrected chi connectivity index (χ0v) is 14.5. The molecule has 3 aromatic heterocycles. The number of fused-ring (bicyclic) bond motifs is 1. The Morgan fingerprint density at radius 3 is 2.58 bits per heavy atom. The number of nitrogens with one attached hydrogen (secondary N) is 2. The second-order valence-electron chi connectivity index (χ2n) is 5.55. The number of oxazole rings is 1. The van der Waals surface area contributed by atoms with Crippen molar-refractivity contribution < 1.29 is 4.42 Å². The number of aromatic nitrogens is 5. The van der Waals surface area contributed by atoms with E-state index in [1.807, 2.05) is 19.1 Å². The normalized spacial score (nSPS) is 13.0. The van der Waals surface area contributed by atoms with Crippen LogP contribution in [-0.4, -0.2) is 23.7 Å². The molecular weight excluding hydrogens is 354 g/mol. The standard InChI is InChI=1S/C17H13N5O3S/c1-2-15-12(18-8-25-15)7-14-17(24)19-13(16(23)20-14)6-9-3-4-10-11(5-9)22-26-21-10/h3-8H,2H2,1H3,(H,19,24)(H,20,23)/b13-6-,14-7-. The highest BCUT2D eigenvalue weighted by Crippen LogP contribution is 2.13. The minimum atomic E-state index is -0.419. The van der Waals surface area contributed by atoms with Gasteiger partial charge in [-0.2, -0.15) is 8.75 Å². The average molecular weight is 367 g/mol. The first-order chi connectivity index (χ1) is 12.6. The molecule has 0 aliphatic rings. The monoisotopic (exact) mass is 367 g/mol. The largest absolute Gasteiger partial charge is 0.448 e. The maximum Gasteiger partial charge on any atom is 0.272 e. The van der Waals surface area contributed by atoms with Gasteiger partial charge in [0.25, 0.3) is 11.1 Å². The first-order valence-electron chi connectivity index (χ1n) is 7.85. The third kappa shape index (κ3) is 3.00. The SMILES string of the molecule is CCc1ocnc1/C=c1\[nH]c(=O)/c(=C/c2ccc3nsnc3c2)[nH]c1=O. The summed E-state index contributed by atoms with van der Waals surface area (Å²) in [4.78, 5) is 33.9. The Bertz CT molecular complexity index is 1330. The van der Waals surface area contributed by atoms with E-state index >= 15 is 0 Å². The van der Waals surface area contributed by atoms with Gasteiger partial charge in [-0.25, -0.2) is 4.98 Å². The number of benzene rings is 1. The summed E-state index contributed by atoms with van der Waals surface area (Å²) in [5, 5.41) is 0.278. The number of aryl methyl sites for hydroxylation is 1. The van der Waals surface area contributed by atoms with Gasteiger partial charge in [0.15, 0.2) is 6.39 Å². The molecule has 0 bridgehead atoms. The van der Waals surface area contributed by atoms with E-state index < -0.39 is 11.1 Å². The van der Waals surface area contributed by atoms with Gasteiger partial charge < -0.3 is 14.4 Å². The fraction of sp³-hybridized carbons (Fsp3) is 0.118. The van der Waals surface area contributed by atoms with Crippen molar-refractivity contribution in [3.63, 3.8) is 0 Å². The van der Waals surface area contributed by atoms with Crippen molar-refractivity contribution in [2.75, 3.05) is 0 Å². The summed E-state index contributed by atoms with van der Waals surface area (Å²) in [6, 6.07) is 5.43. The highest BCUT2D eigenvalue weighted by atomic mass is 32.1. The molecule has 0 radical (unpaired) electrons. The fourth-order valence-corrected chi connectivity index (χ4v) is 3.07. The quantitative estimate of drug-likeness (QED) is 0.537. The molecule has 4 rings (SSSR count). The molecule has 0 saturated carbocycles. The van der Waals surface area contributed by atoms with E-state index in [9.17, 15) is 9.59 Å². The Hall–Kier alpha value is -3.33. The zero-order chi connectivity index (χ0) is 18.1. The first kappa shape index (κ1) is 16.2. The molecule has 0 atom stereocenters. The molecule has 26 heavy (non-hydrogen) atoms. The van der Waals surface area contributed by atoms with Crippen LogP contribution < -0.4 is 21.8 Å². The van der Waals surface area contributed by atoms with Crippen molar-refractivity contribution in [1.29, 1.82) is 0 Å². The minimum absolute atomic E-state index is 0.120. The first-order valence-corrected chi connectivity index (χ1v) is 8.58. The van der Waals surface area contributed by atoms with Crippen LogP contribution in [0.4, 0.5) is 0 Å². The predicted molar refractivity (Wildman–Crippen MR) is 97.4 cm³/mol. The summed E-state index contributed by atoms with van der Waals surface area (Å²) in [5.41, 5.74) is 1.97. The van der Waals surface area contributed by atoms with Crippen molar-refractivity contribution in [1.82, 2.24) is 23.7 Å². The summed E-state index contributed by atoms with van der Waals surface area (Å²) in [6.45, 7) is 1.91. The Balaban J connectivity index is 1.83. The molecule has 0 fully saturated rings. The molecule has 0 aliphatic carbocycles. The lowest BCUT2D eigenvalue weighted by Crippen LogP contribution is -2.46. The van der Waals surface area contributed by atoms with E-state index in [4.69, 9.17) is 4.42 Å². The predicted octanol–water partition coefficient (Wildman–Crippen LogP) is 0.276. The van der Waals surface area contributed by atoms with E-state index in [1.165, 1.54) is 12.5 Å². The Morgan fingerprint density at radius 1 is 1.08 bits per heavy atom. The van der Waals surface area contributed by atoms with Crippen LogP contribution in [0.2, 0.25) is 0 Å². The van der Waals surface area contributed by atoms with Gasteiger partial charge in [-0.3, -0.25) is 9.59 Å². The van der Waals surface area contributed by atoms with Crippen molar-refractivity contribution in [2.45, 2.75) is 13.3 Å². The number of H-pyrrole nitrogens is 2. The zero-order valence-electron chi connectivity index (χ0n) is 13.6. The summed E-state index contributed by atoms with van der Waals surface area (Å²) >= 11 is 1.12. The van der Waals surface area contributed by atoms with Crippen molar-refractivity contribution in [3.05, 3.63) is 73.0 Å². The van der Waals surface area contributed by atoms with Gasteiger partial charge in [-0.15, -0.1) is 0 Å². The van der Waals surface area contributed by atoms with Crippen LogP contribution in [0.25, 0.3) is 23.2 Å². The maximum atomic E-state index is 12.3. The Morgan fingerprint density at radius 2 is 1.81 bits per heavy atom. The molecule has 8 nitrogen and oxygen atoms in total. The van der Waals surface area contributed by atoms with Crippen LogP contribution >= 0.6 is 11.7 Å². The third-order valence-corrected chi connectivity index (χ3v) is 4.41. The highest BCUT2D eigenvalue weighted by molar-refractivity contribution is 7.00. The molecule has 0 aliphatic heterocycles. The number of aromatic amines is 2. The lowest BCUT2D eigenvalue weighted by molar-refractivity contribution is 0.509. The van der Waals surface area contributed by atoms with Gasteiger partial charge in [0.2, 0.25) is 0 Å². The number of hydrogen-bond donors (Lipinski definition) is 2. The van der Waals surface area contributed by atoms with Gasteiger partial charge in [-0.05, 0) is 29.8 Å². The molecule has 9 heteroatoms. The van der Waals surface area contributed by atoms with Gasteiger partial charge in [-0.1, -0.05) is 13.0 Å². The lowest BCUT2D eigenvalue weighted by atomic mass is 10.2. The molecule has 1 aromatic carbocycles. The van der Waals surface area contributed by atoms with Crippen LogP contribution in [0, 0.1) is 0 Å². The molecule has 130 valence electrons. The number of hydrogen-bond acceptors (Lipinski definition) is 7. The fourth-order valence-electron chi connectivity index (χ4n) is 2.55. The minimum Gasteiger partial charge on any atom is -0.448 e. The van der Waals surface area contributed by atoms with Gasteiger partial charge in [0.1, 0.15) is 33.2 Å². The number of rotatable bonds is 3. The van der Waals surface area contributed by atoms with Crippen LogP contribution in [0.5, 0.6) is 0 Å².